The van der Waals surface area contributed by atoms with Gasteiger partial charge in [0.25, 0.3) is 0 Å². The number of hydrogen-bond donors (Lipinski definition) is 1. The number of fused-ring (bicyclic) bond motifs is 1. The highest BCUT2D eigenvalue weighted by Gasteiger charge is 2.13. The molecule has 2 heterocycles. The third-order valence-electron chi connectivity index (χ3n) is 3.04. The van der Waals surface area contributed by atoms with Crippen LogP contribution in [0.3, 0.4) is 0 Å². The molecule has 108 valence electrons. The second-order valence-corrected chi connectivity index (χ2v) is 5.92. The molecule has 2 aromatic heterocycles. The Morgan fingerprint density at radius 2 is 2.14 bits per heavy atom. The molecule has 0 aliphatic rings. The Labute approximate surface area is 130 Å². The molecule has 0 spiro atoms. The molecular weight excluding hydrogens is 309 g/mol. The van der Waals surface area contributed by atoms with Gasteiger partial charge >= 0.3 is 0 Å². The highest BCUT2D eigenvalue weighted by atomic mass is 35.5. The van der Waals surface area contributed by atoms with E-state index in [2.05, 4.69) is 22.2 Å². The molecule has 0 aliphatic heterocycles. The molecule has 0 bridgehead atoms. The molecule has 1 aromatic carbocycles. The molecule has 3 rings (SSSR count). The van der Waals surface area contributed by atoms with Gasteiger partial charge in [0.2, 0.25) is 0 Å². The Morgan fingerprint density at radius 1 is 1.29 bits per heavy atom. The standard InChI is InChI=1S/C15H13ClFN3S/c1-2-6-18-13-10-5-7-21-15(10)20-14(19-13)11-8-9(16)3-4-12(11)17/h3-5,7-8H,2,6H2,1H3,(H,18,19,20). The lowest BCUT2D eigenvalue weighted by Gasteiger charge is -2.09. The van der Waals surface area contributed by atoms with Crippen molar-refractivity contribution in [1.29, 1.82) is 0 Å². The molecule has 0 atom stereocenters. The second-order valence-electron chi connectivity index (χ2n) is 4.59. The number of thiophene rings is 1. The van der Waals surface area contributed by atoms with E-state index in [4.69, 9.17) is 11.6 Å². The smallest absolute Gasteiger partial charge is 0.166 e. The van der Waals surface area contributed by atoms with Crippen molar-refractivity contribution in [2.24, 2.45) is 0 Å². The summed E-state index contributed by atoms with van der Waals surface area (Å²) in [7, 11) is 0. The van der Waals surface area contributed by atoms with E-state index in [1.165, 1.54) is 23.5 Å². The van der Waals surface area contributed by atoms with Gasteiger partial charge in [-0.25, -0.2) is 14.4 Å². The quantitative estimate of drug-likeness (QED) is 0.737. The minimum atomic E-state index is -0.378. The van der Waals surface area contributed by atoms with Crippen LogP contribution in [0.2, 0.25) is 5.02 Å². The summed E-state index contributed by atoms with van der Waals surface area (Å²) >= 11 is 7.46. The number of anilines is 1. The zero-order chi connectivity index (χ0) is 14.8. The van der Waals surface area contributed by atoms with Crippen molar-refractivity contribution in [2.75, 3.05) is 11.9 Å². The van der Waals surface area contributed by atoms with Gasteiger partial charge in [-0.1, -0.05) is 18.5 Å². The van der Waals surface area contributed by atoms with Gasteiger partial charge in [0, 0.05) is 11.6 Å². The largest absolute Gasteiger partial charge is 0.369 e. The molecule has 21 heavy (non-hydrogen) atoms. The van der Waals surface area contributed by atoms with Crippen LogP contribution >= 0.6 is 22.9 Å². The molecule has 0 amide bonds. The number of nitrogens with zero attached hydrogens (tertiary/aromatic N) is 2. The van der Waals surface area contributed by atoms with Crippen LogP contribution in [0.4, 0.5) is 10.2 Å². The topological polar surface area (TPSA) is 37.8 Å². The minimum absolute atomic E-state index is 0.317. The van der Waals surface area contributed by atoms with Crippen molar-refractivity contribution in [3.63, 3.8) is 0 Å². The number of nitrogens with one attached hydrogen (secondary N) is 1. The van der Waals surface area contributed by atoms with E-state index in [0.29, 0.717) is 16.4 Å². The van der Waals surface area contributed by atoms with Crippen LogP contribution < -0.4 is 5.32 Å². The molecule has 0 unspecified atom stereocenters. The van der Waals surface area contributed by atoms with E-state index in [1.807, 2.05) is 11.4 Å². The maximum Gasteiger partial charge on any atom is 0.166 e. The molecule has 0 aliphatic carbocycles. The Hall–Kier alpha value is -1.72. The van der Waals surface area contributed by atoms with Crippen LogP contribution in [0, 0.1) is 5.82 Å². The van der Waals surface area contributed by atoms with Gasteiger partial charge in [-0.3, -0.25) is 0 Å². The van der Waals surface area contributed by atoms with E-state index in [9.17, 15) is 4.39 Å². The van der Waals surface area contributed by atoms with Crippen LogP contribution in [0.25, 0.3) is 21.6 Å². The lowest BCUT2D eigenvalue weighted by Crippen LogP contribution is -2.04. The van der Waals surface area contributed by atoms with Crippen molar-refractivity contribution in [3.8, 4) is 11.4 Å². The highest BCUT2D eigenvalue weighted by molar-refractivity contribution is 7.16. The first-order chi connectivity index (χ1) is 10.2. The van der Waals surface area contributed by atoms with Crippen LogP contribution in [0.1, 0.15) is 13.3 Å². The van der Waals surface area contributed by atoms with Crippen molar-refractivity contribution in [1.82, 2.24) is 9.97 Å². The fourth-order valence-electron chi connectivity index (χ4n) is 2.02. The zero-order valence-corrected chi connectivity index (χ0v) is 12.9. The lowest BCUT2D eigenvalue weighted by atomic mass is 10.2. The first-order valence-electron chi connectivity index (χ1n) is 6.63. The Bertz CT molecular complexity index is 788. The maximum absolute atomic E-state index is 14.0. The third-order valence-corrected chi connectivity index (χ3v) is 4.08. The maximum atomic E-state index is 14.0. The average Bonchev–Trinajstić information content (AvgIpc) is 2.95. The molecule has 0 radical (unpaired) electrons. The average molecular weight is 322 g/mol. The first-order valence-corrected chi connectivity index (χ1v) is 7.89. The molecule has 1 N–H and O–H groups in total. The molecular formula is C15H13ClFN3S. The SMILES string of the molecule is CCCNc1nc(-c2cc(Cl)ccc2F)nc2sccc12. The summed E-state index contributed by atoms with van der Waals surface area (Å²) in [6.07, 6.45) is 0.983. The minimum Gasteiger partial charge on any atom is -0.369 e. The molecule has 0 saturated carbocycles. The Morgan fingerprint density at radius 3 is 2.95 bits per heavy atom. The van der Waals surface area contributed by atoms with E-state index >= 15 is 0 Å². The van der Waals surface area contributed by atoms with Crippen LogP contribution in [0.5, 0.6) is 0 Å². The number of aromatic nitrogens is 2. The van der Waals surface area contributed by atoms with Crippen molar-refractivity contribution < 1.29 is 4.39 Å². The number of benzene rings is 1. The molecule has 6 heteroatoms. The molecule has 0 fully saturated rings. The summed E-state index contributed by atoms with van der Waals surface area (Å²) in [5.41, 5.74) is 0.317. The summed E-state index contributed by atoms with van der Waals surface area (Å²) in [5.74, 6) is 0.706. The van der Waals surface area contributed by atoms with E-state index in [1.54, 1.807) is 6.07 Å². The predicted molar refractivity (Wildman–Crippen MR) is 86.6 cm³/mol. The van der Waals surface area contributed by atoms with Gasteiger partial charge in [-0.05, 0) is 36.1 Å². The van der Waals surface area contributed by atoms with Crippen molar-refractivity contribution in [3.05, 3.63) is 40.5 Å². The van der Waals surface area contributed by atoms with E-state index in [-0.39, 0.29) is 5.82 Å². The van der Waals surface area contributed by atoms with Crippen LogP contribution in [-0.4, -0.2) is 16.5 Å². The first kappa shape index (κ1) is 14.2. The molecule has 3 aromatic rings. The van der Waals surface area contributed by atoms with E-state index in [0.717, 1.165) is 29.0 Å². The summed E-state index contributed by atoms with van der Waals surface area (Å²) in [5, 5.41) is 6.64. The van der Waals surface area contributed by atoms with Gasteiger partial charge in [0.15, 0.2) is 5.82 Å². The fraction of sp³-hybridized carbons (Fsp3) is 0.200. The zero-order valence-electron chi connectivity index (χ0n) is 11.4. The van der Waals surface area contributed by atoms with Gasteiger partial charge < -0.3 is 5.32 Å². The van der Waals surface area contributed by atoms with Gasteiger partial charge in [0.05, 0.1) is 10.9 Å². The monoisotopic (exact) mass is 321 g/mol. The Balaban J connectivity index is 2.16. The molecule has 0 saturated heterocycles. The Kier molecular flexibility index (Phi) is 4.03. The molecule has 3 nitrogen and oxygen atoms in total. The number of halogens is 2. The summed E-state index contributed by atoms with van der Waals surface area (Å²) in [6.45, 7) is 2.88. The van der Waals surface area contributed by atoms with Crippen LogP contribution in [-0.2, 0) is 0 Å². The van der Waals surface area contributed by atoms with Gasteiger partial charge in [0.1, 0.15) is 16.5 Å². The third kappa shape index (κ3) is 2.84. The predicted octanol–water partition coefficient (Wildman–Crippen LogP) is 4.97. The highest BCUT2D eigenvalue weighted by Crippen LogP contribution is 2.30. The number of rotatable bonds is 4. The summed E-state index contributed by atoms with van der Waals surface area (Å²) in [6, 6.07) is 6.37. The fourth-order valence-corrected chi connectivity index (χ4v) is 2.96. The second kappa shape index (κ2) is 5.95. The normalized spacial score (nSPS) is 11.0. The summed E-state index contributed by atoms with van der Waals surface area (Å²) < 4.78 is 14.0. The summed E-state index contributed by atoms with van der Waals surface area (Å²) in [4.78, 5) is 9.74. The van der Waals surface area contributed by atoms with Crippen molar-refractivity contribution in [2.45, 2.75) is 13.3 Å². The van der Waals surface area contributed by atoms with Gasteiger partial charge in [-0.15, -0.1) is 11.3 Å². The number of hydrogen-bond acceptors (Lipinski definition) is 4. The van der Waals surface area contributed by atoms with Crippen molar-refractivity contribution >= 4 is 39.0 Å². The van der Waals surface area contributed by atoms with Crippen LogP contribution in [0.15, 0.2) is 29.6 Å². The van der Waals surface area contributed by atoms with Gasteiger partial charge in [-0.2, -0.15) is 0 Å². The van der Waals surface area contributed by atoms with E-state index < -0.39 is 0 Å². The lowest BCUT2D eigenvalue weighted by molar-refractivity contribution is 0.630.